The number of rotatable bonds is 3. The number of halogens is 3. The summed E-state index contributed by atoms with van der Waals surface area (Å²) in [5, 5.41) is 8.70. The molecule has 1 aromatic rings. The number of alkyl halides is 3. The SMILES string of the molecule is CC(C)C(C)Nc1nnc(C(F)(F)F)s1. The minimum Gasteiger partial charge on any atom is -0.357 e. The molecule has 0 aliphatic rings. The van der Waals surface area contributed by atoms with Crippen molar-refractivity contribution in [1.82, 2.24) is 10.2 Å². The zero-order valence-corrected chi connectivity index (χ0v) is 9.41. The van der Waals surface area contributed by atoms with Gasteiger partial charge in [-0.15, -0.1) is 10.2 Å². The van der Waals surface area contributed by atoms with E-state index in [-0.39, 0.29) is 11.2 Å². The largest absolute Gasteiger partial charge is 0.445 e. The molecule has 0 saturated carbocycles. The Morgan fingerprint density at radius 1 is 1.20 bits per heavy atom. The number of hydrogen-bond acceptors (Lipinski definition) is 4. The molecule has 1 atom stereocenters. The summed E-state index contributed by atoms with van der Waals surface area (Å²) in [5.41, 5.74) is 0. The summed E-state index contributed by atoms with van der Waals surface area (Å²) in [6.45, 7) is 5.84. The van der Waals surface area contributed by atoms with E-state index < -0.39 is 11.2 Å². The molecule has 0 aliphatic carbocycles. The van der Waals surface area contributed by atoms with Gasteiger partial charge in [-0.2, -0.15) is 13.2 Å². The first-order valence-electron chi connectivity index (χ1n) is 4.48. The van der Waals surface area contributed by atoms with Crippen LogP contribution < -0.4 is 5.32 Å². The Morgan fingerprint density at radius 3 is 2.20 bits per heavy atom. The van der Waals surface area contributed by atoms with Gasteiger partial charge in [0.2, 0.25) is 10.1 Å². The zero-order chi connectivity index (χ0) is 11.6. The predicted molar refractivity (Wildman–Crippen MR) is 52.8 cm³/mol. The Kier molecular flexibility index (Phi) is 3.54. The minimum atomic E-state index is -4.40. The molecule has 0 radical (unpaired) electrons. The summed E-state index contributed by atoms with van der Waals surface area (Å²) >= 11 is 0.527. The van der Waals surface area contributed by atoms with Crippen molar-refractivity contribution in [2.24, 2.45) is 5.92 Å². The van der Waals surface area contributed by atoms with E-state index >= 15 is 0 Å². The summed E-state index contributed by atoms with van der Waals surface area (Å²) < 4.78 is 36.5. The van der Waals surface area contributed by atoms with Crippen molar-refractivity contribution in [2.75, 3.05) is 5.32 Å². The Balaban J connectivity index is 2.69. The van der Waals surface area contributed by atoms with Crippen LogP contribution in [0.5, 0.6) is 0 Å². The zero-order valence-electron chi connectivity index (χ0n) is 8.59. The molecule has 0 aliphatic heterocycles. The molecular weight excluding hydrogens is 227 g/mol. The summed E-state index contributed by atoms with van der Waals surface area (Å²) in [5.74, 6) is 0.322. The highest BCUT2D eigenvalue weighted by Gasteiger charge is 2.35. The normalized spacial score (nSPS) is 14.3. The van der Waals surface area contributed by atoms with Gasteiger partial charge in [-0.3, -0.25) is 0 Å². The van der Waals surface area contributed by atoms with Crippen molar-refractivity contribution in [3.8, 4) is 0 Å². The third-order valence-electron chi connectivity index (χ3n) is 2.02. The molecule has 3 nitrogen and oxygen atoms in total. The van der Waals surface area contributed by atoms with Crippen molar-refractivity contribution >= 4 is 16.5 Å². The van der Waals surface area contributed by atoms with Crippen LogP contribution in [0.4, 0.5) is 18.3 Å². The van der Waals surface area contributed by atoms with Crippen molar-refractivity contribution in [3.05, 3.63) is 5.01 Å². The fourth-order valence-electron chi connectivity index (χ4n) is 0.758. The molecule has 0 amide bonds. The van der Waals surface area contributed by atoms with E-state index in [2.05, 4.69) is 15.5 Å². The highest BCUT2D eigenvalue weighted by Crippen LogP contribution is 2.33. The number of nitrogens with zero attached hydrogens (tertiary/aromatic N) is 2. The highest BCUT2D eigenvalue weighted by molar-refractivity contribution is 7.15. The van der Waals surface area contributed by atoms with Gasteiger partial charge in [-0.25, -0.2) is 0 Å². The lowest BCUT2D eigenvalue weighted by molar-refractivity contribution is -0.138. The first kappa shape index (κ1) is 12.2. The predicted octanol–water partition coefficient (Wildman–Crippen LogP) is 3.01. The van der Waals surface area contributed by atoms with E-state index in [0.717, 1.165) is 0 Å². The molecule has 1 unspecified atom stereocenters. The second-order valence-electron chi connectivity index (χ2n) is 3.59. The highest BCUT2D eigenvalue weighted by atomic mass is 32.1. The smallest absolute Gasteiger partial charge is 0.357 e. The summed E-state index contributed by atoms with van der Waals surface area (Å²) in [6.07, 6.45) is -4.40. The Bertz CT molecular complexity index is 321. The van der Waals surface area contributed by atoms with E-state index in [1.54, 1.807) is 0 Å². The van der Waals surface area contributed by atoms with Crippen LogP contribution in [-0.4, -0.2) is 16.2 Å². The summed E-state index contributed by atoms with van der Waals surface area (Å²) in [4.78, 5) is 0. The van der Waals surface area contributed by atoms with Crippen LogP contribution in [0.15, 0.2) is 0 Å². The van der Waals surface area contributed by atoms with Crippen molar-refractivity contribution in [1.29, 1.82) is 0 Å². The molecule has 86 valence electrons. The van der Waals surface area contributed by atoms with E-state index in [9.17, 15) is 13.2 Å². The number of hydrogen-bond donors (Lipinski definition) is 1. The average Bonchev–Trinajstić information content (AvgIpc) is 2.51. The number of anilines is 1. The third-order valence-corrected chi connectivity index (χ3v) is 2.92. The molecule has 1 N–H and O–H groups in total. The van der Waals surface area contributed by atoms with E-state index in [1.165, 1.54) is 0 Å². The Labute approximate surface area is 89.7 Å². The van der Waals surface area contributed by atoms with Gasteiger partial charge in [0.1, 0.15) is 0 Å². The van der Waals surface area contributed by atoms with Gasteiger partial charge in [0.15, 0.2) is 0 Å². The van der Waals surface area contributed by atoms with Gasteiger partial charge in [0, 0.05) is 6.04 Å². The molecule has 0 aromatic carbocycles. The Morgan fingerprint density at radius 2 is 1.80 bits per heavy atom. The molecule has 0 spiro atoms. The van der Waals surface area contributed by atoms with Gasteiger partial charge in [-0.1, -0.05) is 25.2 Å². The summed E-state index contributed by atoms with van der Waals surface area (Å²) in [7, 11) is 0. The van der Waals surface area contributed by atoms with Gasteiger partial charge < -0.3 is 5.32 Å². The maximum Gasteiger partial charge on any atom is 0.445 e. The van der Waals surface area contributed by atoms with Crippen LogP contribution in [0.2, 0.25) is 0 Å². The number of aromatic nitrogens is 2. The molecule has 1 aromatic heterocycles. The maximum atomic E-state index is 12.2. The van der Waals surface area contributed by atoms with Crippen molar-refractivity contribution < 1.29 is 13.2 Å². The lowest BCUT2D eigenvalue weighted by Crippen LogP contribution is -2.21. The molecule has 0 bridgehead atoms. The molecule has 0 saturated heterocycles. The fourth-order valence-corrected chi connectivity index (χ4v) is 1.46. The standard InChI is InChI=1S/C8H12F3N3S/c1-4(2)5(3)12-7-14-13-6(15-7)8(9,10)11/h4-5H,1-3H3,(H,12,14). The maximum absolute atomic E-state index is 12.2. The monoisotopic (exact) mass is 239 g/mol. The molecular formula is C8H12F3N3S. The molecule has 15 heavy (non-hydrogen) atoms. The van der Waals surface area contributed by atoms with Gasteiger partial charge in [0.05, 0.1) is 0 Å². The molecule has 1 heterocycles. The van der Waals surface area contributed by atoms with Crippen LogP contribution >= 0.6 is 11.3 Å². The number of nitrogens with one attached hydrogen (secondary N) is 1. The fraction of sp³-hybridized carbons (Fsp3) is 0.750. The van der Waals surface area contributed by atoms with E-state index in [1.807, 2.05) is 20.8 Å². The minimum absolute atomic E-state index is 0.0685. The topological polar surface area (TPSA) is 37.8 Å². The first-order valence-corrected chi connectivity index (χ1v) is 5.29. The third kappa shape index (κ3) is 3.33. The van der Waals surface area contributed by atoms with Gasteiger partial charge >= 0.3 is 6.18 Å². The van der Waals surface area contributed by atoms with Gasteiger partial charge in [0.25, 0.3) is 0 Å². The van der Waals surface area contributed by atoms with Crippen molar-refractivity contribution in [2.45, 2.75) is 33.0 Å². The summed E-state index contributed by atoms with van der Waals surface area (Å²) in [6, 6.07) is 0.0685. The second kappa shape index (κ2) is 4.34. The lowest BCUT2D eigenvalue weighted by atomic mass is 10.1. The van der Waals surface area contributed by atoms with Crippen LogP contribution in [0.3, 0.4) is 0 Å². The van der Waals surface area contributed by atoms with Crippen molar-refractivity contribution in [3.63, 3.8) is 0 Å². The van der Waals surface area contributed by atoms with Crippen LogP contribution in [0.25, 0.3) is 0 Å². The van der Waals surface area contributed by atoms with Crippen LogP contribution in [0, 0.1) is 5.92 Å². The van der Waals surface area contributed by atoms with Crippen LogP contribution in [-0.2, 0) is 6.18 Å². The van der Waals surface area contributed by atoms with Gasteiger partial charge in [-0.05, 0) is 12.8 Å². The van der Waals surface area contributed by atoms with Crippen LogP contribution in [0.1, 0.15) is 25.8 Å². The lowest BCUT2D eigenvalue weighted by Gasteiger charge is -2.15. The molecule has 0 fully saturated rings. The van der Waals surface area contributed by atoms with E-state index in [0.29, 0.717) is 17.3 Å². The molecule has 1 rings (SSSR count). The second-order valence-corrected chi connectivity index (χ2v) is 4.56. The quantitative estimate of drug-likeness (QED) is 0.881. The van der Waals surface area contributed by atoms with E-state index in [4.69, 9.17) is 0 Å². The molecule has 7 heteroatoms. The first-order chi connectivity index (χ1) is 6.80. The average molecular weight is 239 g/mol. The Hall–Kier alpha value is -0.850.